The Morgan fingerprint density at radius 3 is 2.95 bits per heavy atom. The first-order valence-corrected chi connectivity index (χ1v) is 7.35. The van der Waals surface area contributed by atoms with Gasteiger partial charge in [-0.15, -0.1) is 0 Å². The van der Waals surface area contributed by atoms with Crippen molar-refractivity contribution in [2.24, 2.45) is 17.6 Å². The normalized spacial score (nSPS) is 28.6. The molecule has 1 aromatic carbocycles. The molecule has 0 bridgehead atoms. The molecule has 1 fully saturated rings. The maximum Gasteiger partial charge on any atom is 0.223 e. The third-order valence-electron chi connectivity index (χ3n) is 4.78. The number of nitrogens with two attached hydrogens (primary N) is 1. The van der Waals surface area contributed by atoms with Gasteiger partial charge in [0.1, 0.15) is 0 Å². The Balaban J connectivity index is 1.52. The van der Waals surface area contributed by atoms with Crippen LogP contribution in [-0.2, 0) is 11.2 Å². The van der Waals surface area contributed by atoms with Gasteiger partial charge in [0.2, 0.25) is 5.91 Å². The smallest absolute Gasteiger partial charge is 0.223 e. The second-order valence-corrected chi connectivity index (χ2v) is 5.88. The van der Waals surface area contributed by atoms with Crippen LogP contribution in [0.15, 0.2) is 24.3 Å². The summed E-state index contributed by atoms with van der Waals surface area (Å²) in [5, 5.41) is 3.14. The average molecular weight is 258 g/mol. The number of hydrogen-bond donors (Lipinski definition) is 2. The van der Waals surface area contributed by atoms with E-state index in [2.05, 4.69) is 29.6 Å². The molecule has 3 unspecified atom stereocenters. The van der Waals surface area contributed by atoms with Crippen molar-refractivity contribution in [1.82, 2.24) is 5.32 Å². The number of carbonyl (C=O) groups excluding carboxylic acids is 1. The molecule has 0 aliphatic heterocycles. The van der Waals surface area contributed by atoms with Gasteiger partial charge in [0.15, 0.2) is 0 Å². The molecule has 3 N–H and O–H groups in total. The molecule has 0 aromatic heterocycles. The SMILES string of the molecule is NCC1CCCC1C(=O)NCC1Cc2ccccc21. The highest BCUT2D eigenvalue weighted by Crippen LogP contribution is 2.35. The van der Waals surface area contributed by atoms with E-state index in [1.54, 1.807) is 0 Å². The fourth-order valence-corrected chi connectivity index (χ4v) is 3.56. The zero-order chi connectivity index (χ0) is 13.2. The summed E-state index contributed by atoms with van der Waals surface area (Å²) in [6.07, 6.45) is 4.36. The fourth-order valence-electron chi connectivity index (χ4n) is 3.56. The average Bonchev–Trinajstić information content (AvgIpc) is 2.88. The van der Waals surface area contributed by atoms with E-state index in [0.29, 0.717) is 18.4 Å². The van der Waals surface area contributed by atoms with Gasteiger partial charge < -0.3 is 11.1 Å². The lowest BCUT2D eigenvalue weighted by Crippen LogP contribution is -2.39. The first kappa shape index (κ1) is 12.7. The quantitative estimate of drug-likeness (QED) is 0.865. The number of fused-ring (bicyclic) bond motifs is 1. The summed E-state index contributed by atoms with van der Waals surface area (Å²) in [5.41, 5.74) is 8.58. The Kier molecular flexibility index (Phi) is 3.56. The maximum atomic E-state index is 12.2. The van der Waals surface area contributed by atoms with Gasteiger partial charge in [0, 0.05) is 18.4 Å². The summed E-state index contributed by atoms with van der Waals surface area (Å²) in [6.45, 7) is 1.42. The lowest BCUT2D eigenvalue weighted by Gasteiger charge is -2.30. The highest BCUT2D eigenvalue weighted by Gasteiger charge is 2.33. The monoisotopic (exact) mass is 258 g/mol. The summed E-state index contributed by atoms with van der Waals surface area (Å²) in [6, 6.07) is 8.51. The molecular weight excluding hydrogens is 236 g/mol. The standard InChI is InChI=1S/C16H22N2O/c17-9-12-5-3-7-15(12)16(19)18-10-13-8-11-4-1-2-6-14(11)13/h1-2,4,6,12-13,15H,3,5,7-10,17H2,(H,18,19). The van der Waals surface area contributed by atoms with Crippen LogP contribution < -0.4 is 11.1 Å². The highest BCUT2D eigenvalue weighted by molar-refractivity contribution is 5.79. The predicted octanol–water partition coefficient (Wildman–Crippen LogP) is 1.82. The van der Waals surface area contributed by atoms with Crippen LogP contribution >= 0.6 is 0 Å². The molecular formula is C16H22N2O. The van der Waals surface area contributed by atoms with Crippen LogP contribution in [0.2, 0.25) is 0 Å². The molecule has 2 aliphatic carbocycles. The van der Waals surface area contributed by atoms with Crippen LogP contribution in [0, 0.1) is 11.8 Å². The van der Waals surface area contributed by atoms with Gasteiger partial charge in [-0.25, -0.2) is 0 Å². The lowest BCUT2D eigenvalue weighted by molar-refractivity contribution is -0.126. The number of carbonyl (C=O) groups is 1. The topological polar surface area (TPSA) is 55.1 Å². The van der Waals surface area contributed by atoms with Gasteiger partial charge in [0.25, 0.3) is 0 Å². The zero-order valence-electron chi connectivity index (χ0n) is 11.3. The van der Waals surface area contributed by atoms with Crippen LogP contribution in [0.25, 0.3) is 0 Å². The largest absolute Gasteiger partial charge is 0.355 e. The van der Waals surface area contributed by atoms with Crippen LogP contribution in [0.3, 0.4) is 0 Å². The van der Waals surface area contributed by atoms with E-state index in [4.69, 9.17) is 5.73 Å². The van der Waals surface area contributed by atoms with Gasteiger partial charge in [-0.1, -0.05) is 30.7 Å². The third kappa shape index (κ3) is 2.39. The molecule has 3 rings (SSSR count). The first-order valence-electron chi connectivity index (χ1n) is 7.35. The van der Waals surface area contributed by atoms with Gasteiger partial charge in [0.05, 0.1) is 0 Å². The first-order chi connectivity index (χ1) is 9.29. The molecule has 3 nitrogen and oxygen atoms in total. The van der Waals surface area contributed by atoms with Crippen molar-refractivity contribution in [3.05, 3.63) is 35.4 Å². The van der Waals surface area contributed by atoms with E-state index in [0.717, 1.165) is 32.2 Å². The van der Waals surface area contributed by atoms with Crippen molar-refractivity contribution >= 4 is 5.91 Å². The second-order valence-electron chi connectivity index (χ2n) is 5.88. The Morgan fingerprint density at radius 1 is 1.32 bits per heavy atom. The highest BCUT2D eigenvalue weighted by atomic mass is 16.1. The van der Waals surface area contributed by atoms with E-state index >= 15 is 0 Å². The molecule has 3 heteroatoms. The number of nitrogens with one attached hydrogen (secondary N) is 1. The Labute approximate surface area is 114 Å². The molecule has 1 aromatic rings. The minimum Gasteiger partial charge on any atom is -0.355 e. The minimum absolute atomic E-state index is 0.153. The molecule has 0 radical (unpaired) electrons. The van der Waals surface area contributed by atoms with Crippen molar-refractivity contribution in [1.29, 1.82) is 0 Å². The van der Waals surface area contributed by atoms with E-state index in [1.807, 2.05) is 0 Å². The van der Waals surface area contributed by atoms with Crippen molar-refractivity contribution in [2.45, 2.75) is 31.6 Å². The number of amides is 1. The molecule has 0 spiro atoms. The molecule has 19 heavy (non-hydrogen) atoms. The maximum absolute atomic E-state index is 12.2. The Hall–Kier alpha value is -1.35. The Bertz CT molecular complexity index is 472. The molecule has 102 valence electrons. The molecule has 1 amide bonds. The van der Waals surface area contributed by atoms with Crippen molar-refractivity contribution < 1.29 is 4.79 Å². The molecule has 0 saturated heterocycles. The molecule has 0 heterocycles. The number of benzene rings is 1. The molecule has 1 saturated carbocycles. The summed E-state index contributed by atoms with van der Waals surface area (Å²) in [5.74, 6) is 1.28. The van der Waals surface area contributed by atoms with Crippen LogP contribution in [0.1, 0.15) is 36.3 Å². The molecule has 3 atom stereocenters. The van der Waals surface area contributed by atoms with Gasteiger partial charge in [-0.2, -0.15) is 0 Å². The van der Waals surface area contributed by atoms with E-state index < -0.39 is 0 Å². The fraction of sp³-hybridized carbons (Fsp3) is 0.562. The van der Waals surface area contributed by atoms with Gasteiger partial charge in [-0.05, 0) is 42.9 Å². The summed E-state index contributed by atoms with van der Waals surface area (Å²) >= 11 is 0. The zero-order valence-corrected chi connectivity index (χ0v) is 11.3. The summed E-state index contributed by atoms with van der Waals surface area (Å²) in [4.78, 5) is 12.2. The number of rotatable bonds is 4. The Morgan fingerprint density at radius 2 is 2.16 bits per heavy atom. The van der Waals surface area contributed by atoms with E-state index in [-0.39, 0.29) is 11.8 Å². The lowest BCUT2D eigenvalue weighted by atomic mass is 9.77. The van der Waals surface area contributed by atoms with Crippen LogP contribution in [-0.4, -0.2) is 19.0 Å². The molecule has 2 aliphatic rings. The van der Waals surface area contributed by atoms with Crippen molar-refractivity contribution in [3.8, 4) is 0 Å². The minimum atomic E-state index is 0.153. The predicted molar refractivity (Wildman–Crippen MR) is 75.8 cm³/mol. The van der Waals surface area contributed by atoms with Gasteiger partial charge >= 0.3 is 0 Å². The third-order valence-corrected chi connectivity index (χ3v) is 4.78. The van der Waals surface area contributed by atoms with E-state index in [1.165, 1.54) is 11.1 Å². The number of hydrogen-bond acceptors (Lipinski definition) is 2. The van der Waals surface area contributed by atoms with Crippen LogP contribution in [0.4, 0.5) is 0 Å². The van der Waals surface area contributed by atoms with E-state index in [9.17, 15) is 4.79 Å². The van der Waals surface area contributed by atoms with Crippen molar-refractivity contribution in [3.63, 3.8) is 0 Å². The van der Waals surface area contributed by atoms with Crippen molar-refractivity contribution in [2.75, 3.05) is 13.1 Å². The van der Waals surface area contributed by atoms with Gasteiger partial charge in [-0.3, -0.25) is 4.79 Å². The second kappa shape index (κ2) is 5.33. The van der Waals surface area contributed by atoms with Crippen LogP contribution in [0.5, 0.6) is 0 Å². The summed E-state index contributed by atoms with van der Waals surface area (Å²) in [7, 11) is 0. The summed E-state index contributed by atoms with van der Waals surface area (Å²) < 4.78 is 0.